The number of aliphatic hydroxyl groups is 1. The van der Waals surface area contributed by atoms with E-state index in [9.17, 15) is 9.90 Å². The fraction of sp³-hybridized carbons (Fsp3) is 0.613. The minimum Gasteiger partial charge on any atom is -0.471 e. The van der Waals surface area contributed by atoms with Crippen molar-refractivity contribution in [2.24, 2.45) is 5.41 Å². The number of rotatable bonds is 9. The Kier molecular flexibility index (Phi) is 7.39. The van der Waals surface area contributed by atoms with E-state index < -0.39 is 18.2 Å². The van der Waals surface area contributed by atoms with Gasteiger partial charge in [0.25, 0.3) is 0 Å². The number of benzene rings is 1. The molecule has 0 bridgehead atoms. The van der Waals surface area contributed by atoms with E-state index in [0.29, 0.717) is 43.4 Å². The van der Waals surface area contributed by atoms with Crippen LogP contribution in [0.3, 0.4) is 0 Å². The van der Waals surface area contributed by atoms with Crippen LogP contribution in [0.25, 0.3) is 0 Å². The highest BCUT2D eigenvalue weighted by Gasteiger charge is 2.46. The highest BCUT2D eigenvalue weighted by Crippen LogP contribution is 2.48. The predicted octanol–water partition coefficient (Wildman–Crippen LogP) is 3.61. The van der Waals surface area contributed by atoms with Gasteiger partial charge in [-0.3, -0.25) is 4.79 Å². The number of hydrogen-bond acceptors (Lipinski definition) is 8. The molecule has 1 saturated heterocycles. The molecule has 4 heterocycles. The molecule has 0 radical (unpaired) electrons. The molecule has 2 aromatic rings. The zero-order valence-corrected chi connectivity index (χ0v) is 23.7. The van der Waals surface area contributed by atoms with Crippen molar-refractivity contribution in [3.63, 3.8) is 0 Å². The molecule has 6 rings (SSSR count). The van der Waals surface area contributed by atoms with E-state index in [1.54, 1.807) is 0 Å². The Balaban J connectivity index is 1.18. The van der Waals surface area contributed by atoms with Crippen molar-refractivity contribution in [2.75, 3.05) is 19.9 Å². The number of ether oxygens (including phenoxy) is 4. The second kappa shape index (κ2) is 10.8. The van der Waals surface area contributed by atoms with Gasteiger partial charge in [0.15, 0.2) is 11.5 Å². The molecule has 40 heavy (non-hydrogen) atoms. The van der Waals surface area contributed by atoms with Gasteiger partial charge in [-0.05, 0) is 66.8 Å². The van der Waals surface area contributed by atoms with Crippen LogP contribution < -0.4 is 24.8 Å². The Morgan fingerprint density at radius 3 is 2.67 bits per heavy atom. The van der Waals surface area contributed by atoms with Crippen LogP contribution in [0, 0.1) is 5.41 Å². The number of pyridine rings is 1. The van der Waals surface area contributed by atoms with Crippen molar-refractivity contribution in [3.05, 3.63) is 47.2 Å². The molecule has 9 nitrogen and oxygen atoms in total. The standard InChI is InChI=1S/C31H41N3O6/c1-30(2,3)14-20-11-21-23(15-31(8-4-9-31)40-29(21)33-16-20)32-17-24(35)22(34-28(36)26-7-10-37-26)12-19-5-6-25-27(13-19)39-18-38-25/h5-6,11,13,16,22-24,26,32,35H,4,7-10,12,14-15,17-18H2,1-3H3,(H,34,36)/t22-,23-,24+,26?/m0/s1. The molecule has 1 unspecified atom stereocenters. The van der Waals surface area contributed by atoms with Crippen molar-refractivity contribution in [1.29, 1.82) is 0 Å². The average molecular weight is 552 g/mol. The molecule has 216 valence electrons. The number of carbonyl (C=O) groups excluding carboxylic acids is 1. The van der Waals surface area contributed by atoms with Gasteiger partial charge in [0.1, 0.15) is 11.7 Å². The monoisotopic (exact) mass is 551 g/mol. The van der Waals surface area contributed by atoms with Gasteiger partial charge in [-0.2, -0.15) is 0 Å². The van der Waals surface area contributed by atoms with Crippen molar-refractivity contribution in [2.45, 2.75) is 95.6 Å². The maximum atomic E-state index is 12.8. The van der Waals surface area contributed by atoms with Gasteiger partial charge in [-0.25, -0.2) is 4.98 Å². The highest BCUT2D eigenvalue weighted by molar-refractivity contribution is 5.81. The minimum absolute atomic E-state index is 0.00276. The molecule has 1 spiro atoms. The number of hydrogen-bond donors (Lipinski definition) is 3. The van der Waals surface area contributed by atoms with Crippen LogP contribution in [0.2, 0.25) is 0 Å². The third-order valence-electron chi connectivity index (χ3n) is 8.45. The lowest BCUT2D eigenvalue weighted by Crippen LogP contribution is -2.54. The lowest BCUT2D eigenvalue weighted by atomic mass is 9.73. The molecule has 9 heteroatoms. The van der Waals surface area contributed by atoms with Crippen LogP contribution in [-0.4, -0.2) is 59.8 Å². The molecule has 1 saturated carbocycles. The zero-order valence-electron chi connectivity index (χ0n) is 23.7. The maximum Gasteiger partial charge on any atom is 0.249 e. The smallest absolute Gasteiger partial charge is 0.249 e. The van der Waals surface area contributed by atoms with Crippen molar-refractivity contribution >= 4 is 5.91 Å². The van der Waals surface area contributed by atoms with Gasteiger partial charge < -0.3 is 34.7 Å². The topological polar surface area (TPSA) is 111 Å². The predicted molar refractivity (Wildman–Crippen MR) is 149 cm³/mol. The van der Waals surface area contributed by atoms with Gasteiger partial charge in [-0.1, -0.05) is 26.8 Å². The highest BCUT2D eigenvalue weighted by atomic mass is 16.7. The van der Waals surface area contributed by atoms with E-state index in [1.165, 1.54) is 5.56 Å². The molecule has 1 aromatic heterocycles. The fourth-order valence-corrected chi connectivity index (χ4v) is 6.08. The quantitative estimate of drug-likeness (QED) is 0.434. The summed E-state index contributed by atoms with van der Waals surface area (Å²) in [5.74, 6) is 1.90. The number of amides is 1. The van der Waals surface area contributed by atoms with E-state index in [4.69, 9.17) is 23.9 Å². The normalized spacial score (nSPS) is 23.8. The van der Waals surface area contributed by atoms with Crippen molar-refractivity contribution in [3.8, 4) is 17.4 Å². The summed E-state index contributed by atoms with van der Waals surface area (Å²) in [5, 5.41) is 18.1. The van der Waals surface area contributed by atoms with Crippen LogP contribution in [0.5, 0.6) is 17.4 Å². The Morgan fingerprint density at radius 1 is 1.18 bits per heavy atom. The number of aromatic nitrogens is 1. The van der Waals surface area contributed by atoms with Crippen molar-refractivity contribution < 1.29 is 28.8 Å². The summed E-state index contributed by atoms with van der Waals surface area (Å²) in [5.41, 5.74) is 3.13. The van der Waals surface area contributed by atoms with E-state index in [0.717, 1.165) is 43.2 Å². The number of aliphatic hydroxyl groups excluding tert-OH is 1. The van der Waals surface area contributed by atoms with Crippen LogP contribution in [0.15, 0.2) is 30.5 Å². The lowest BCUT2D eigenvalue weighted by molar-refractivity contribution is -0.146. The molecule has 2 fully saturated rings. The third kappa shape index (κ3) is 5.92. The average Bonchev–Trinajstić information content (AvgIpc) is 3.31. The summed E-state index contributed by atoms with van der Waals surface area (Å²) < 4.78 is 22.8. The zero-order chi connectivity index (χ0) is 27.9. The largest absolute Gasteiger partial charge is 0.471 e. The molecular formula is C31H41N3O6. The summed E-state index contributed by atoms with van der Waals surface area (Å²) in [4.78, 5) is 17.6. The first-order valence-electron chi connectivity index (χ1n) is 14.6. The molecule has 3 aliphatic heterocycles. The number of carbonyl (C=O) groups is 1. The Hall–Kier alpha value is -2.88. The molecule has 1 aromatic carbocycles. The third-order valence-corrected chi connectivity index (χ3v) is 8.45. The van der Waals surface area contributed by atoms with Crippen LogP contribution >= 0.6 is 0 Å². The van der Waals surface area contributed by atoms with Crippen LogP contribution in [0.1, 0.15) is 75.6 Å². The van der Waals surface area contributed by atoms with Gasteiger partial charge >= 0.3 is 0 Å². The molecule has 1 aliphatic carbocycles. The summed E-state index contributed by atoms with van der Waals surface area (Å²) in [6.07, 6.45) is 6.74. The minimum atomic E-state index is -0.830. The van der Waals surface area contributed by atoms with Crippen LogP contribution in [0.4, 0.5) is 0 Å². The summed E-state index contributed by atoms with van der Waals surface area (Å²) in [6, 6.07) is 7.44. The number of nitrogens with zero attached hydrogens (tertiary/aromatic N) is 1. The SMILES string of the molecule is CC(C)(C)Cc1cnc2c(c1)[C@@H](NC[C@@H](O)[C@H](Cc1ccc3c(c1)OCO3)NC(=O)C1CCO1)CC1(CCC1)O2. The fourth-order valence-electron chi connectivity index (χ4n) is 6.08. The van der Waals surface area contributed by atoms with Crippen LogP contribution in [-0.2, 0) is 22.4 Å². The summed E-state index contributed by atoms with van der Waals surface area (Å²) in [6.45, 7) is 7.77. The second-order valence-corrected chi connectivity index (χ2v) is 13.0. The summed E-state index contributed by atoms with van der Waals surface area (Å²) >= 11 is 0. The van der Waals surface area contributed by atoms with Gasteiger partial charge in [-0.15, -0.1) is 0 Å². The van der Waals surface area contributed by atoms with Gasteiger partial charge in [0.05, 0.1) is 18.8 Å². The first-order valence-corrected chi connectivity index (χ1v) is 14.6. The van der Waals surface area contributed by atoms with Gasteiger partial charge in [0, 0.05) is 37.2 Å². The summed E-state index contributed by atoms with van der Waals surface area (Å²) in [7, 11) is 0. The number of nitrogens with one attached hydrogen (secondary N) is 2. The van der Waals surface area contributed by atoms with E-state index in [2.05, 4.69) is 37.5 Å². The van der Waals surface area contributed by atoms with Crippen molar-refractivity contribution in [1.82, 2.24) is 15.6 Å². The molecule has 3 N–H and O–H groups in total. The van der Waals surface area contributed by atoms with E-state index in [-0.39, 0.29) is 29.8 Å². The first kappa shape index (κ1) is 27.3. The Bertz CT molecular complexity index is 1240. The molecular weight excluding hydrogens is 510 g/mol. The van der Waals surface area contributed by atoms with E-state index in [1.807, 2.05) is 24.4 Å². The first-order chi connectivity index (χ1) is 19.2. The Morgan fingerprint density at radius 2 is 1.98 bits per heavy atom. The van der Waals surface area contributed by atoms with Gasteiger partial charge in [0.2, 0.25) is 18.6 Å². The molecule has 1 amide bonds. The maximum absolute atomic E-state index is 12.8. The molecule has 4 atom stereocenters. The van der Waals surface area contributed by atoms with E-state index >= 15 is 0 Å². The Labute approximate surface area is 235 Å². The lowest BCUT2D eigenvalue weighted by Gasteiger charge is -2.47. The number of fused-ring (bicyclic) bond motifs is 2. The second-order valence-electron chi connectivity index (χ2n) is 13.0. The molecule has 4 aliphatic rings.